The molecule has 0 bridgehead atoms. The van der Waals surface area contributed by atoms with Crippen LogP contribution in [0.3, 0.4) is 0 Å². The lowest BCUT2D eigenvalue weighted by Crippen LogP contribution is -2.36. The van der Waals surface area contributed by atoms with E-state index in [-0.39, 0.29) is 11.9 Å². The van der Waals surface area contributed by atoms with E-state index in [1.54, 1.807) is 19.2 Å². The minimum Gasteiger partial charge on any atom is -0.354 e. The molecule has 0 aromatic carbocycles. The molecule has 0 saturated carbocycles. The number of aromatic nitrogens is 2. The summed E-state index contributed by atoms with van der Waals surface area (Å²) in [6.07, 6.45) is 0. The minimum absolute atomic E-state index is 0.181. The Labute approximate surface area is 94.8 Å². The van der Waals surface area contributed by atoms with Gasteiger partial charge in [0.15, 0.2) is 11.5 Å². The zero-order valence-corrected chi connectivity index (χ0v) is 9.77. The fourth-order valence-corrected chi connectivity index (χ4v) is 1.15. The highest BCUT2D eigenvalue weighted by Gasteiger charge is 2.11. The monoisotopic (exact) mass is 223 g/mol. The number of nitrogens with zero attached hydrogens (tertiary/aromatic N) is 3. The molecule has 1 aromatic rings. The SMILES string of the molecule is CNC(=O)c1ccc(N(C)C(C)CN)nn1. The first kappa shape index (κ1) is 12.4. The first-order valence-corrected chi connectivity index (χ1v) is 5.08. The van der Waals surface area contributed by atoms with Gasteiger partial charge >= 0.3 is 0 Å². The highest BCUT2D eigenvalue weighted by molar-refractivity contribution is 5.91. The van der Waals surface area contributed by atoms with Gasteiger partial charge in [0.1, 0.15) is 0 Å². The molecule has 6 heteroatoms. The minimum atomic E-state index is -0.242. The predicted octanol–water partition coefficient (Wildman–Crippen LogP) is -0.380. The molecule has 16 heavy (non-hydrogen) atoms. The Morgan fingerprint density at radius 3 is 2.69 bits per heavy atom. The summed E-state index contributed by atoms with van der Waals surface area (Å²) in [5.41, 5.74) is 5.86. The molecule has 1 atom stereocenters. The van der Waals surface area contributed by atoms with Gasteiger partial charge in [0.05, 0.1) is 0 Å². The van der Waals surface area contributed by atoms with Crippen molar-refractivity contribution in [2.24, 2.45) is 5.73 Å². The third-order valence-electron chi connectivity index (χ3n) is 2.47. The Bertz CT molecular complexity index is 351. The Balaban J connectivity index is 2.82. The average molecular weight is 223 g/mol. The van der Waals surface area contributed by atoms with E-state index in [0.717, 1.165) is 0 Å². The number of nitrogens with two attached hydrogens (primary N) is 1. The van der Waals surface area contributed by atoms with Gasteiger partial charge in [0.25, 0.3) is 5.91 Å². The van der Waals surface area contributed by atoms with E-state index < -0.39 is 0 Å². The van der Waals surface area contributed by atoms with Gasteiger partial charge in [-0.25, -0.2) is 0 Å². The molecule has 1 unspecified atom stereocenters. The van der Waals surface area contributed by atoms with E-state index in [0.29, 0.717) is 18.1 Å². The third-order valence-corrected chi connectivity index (χ3v) is 2.47. The Kier molecular flexibility index (Phi) is 4.19. The summed E-state index contributed by atoms with van der Waals surface area (Å²) < 4.78 is 0. The maximum atomic E-state index is 11.2. The summed E-state index contributed by atoms with van der Waals surface area (Å²) in [7, 11) is 3.45. The van der Waals surface area contributed by atoms with Gasteiger partial charge < -0.3 is 16.0 Å². The lowest BCUT2D eigenvalue weighted by Gasteiger charge is -2.23. The van der Waals surface area contributed by atoms with Gasteiger partial charge in [-0.1, -0.05) is 0 Å². The molecule has 1 rings (SSSR count). The highest BCUT2D eigenvalue weighted by Crippen LogP contribution is 2.10. The zero-order chi connectivity index (χ0) is 12.1. The Morgan fingerprint density at radius 2 is 2.25 bits per heavy atom. The summed E-state index contributed by atoms with van der Waals surface area (Å²) >= 11 is 0. The van der Waals surface area contributed by atoms with Crippen molar-refractivity contribution >= 4 is 11.7 Å². The number of carbonyl (C=O) groups excluding carboxylic acids is 1. The van der Waals surface area contributed by atoms with Crippen molar-refractivity contribution < 1.29 is 4.79 Å². The van der Waals surface area contributed by atoms with E-state index >= 15 is 0 Å². The van der Waals surface area contributed by atoms with Crippen molar-refractivity contribution in [1.29, 1.82) is 0 Å². The molecule has 0 spiro atoms. The van der Waals surface area contributed by atoms with Gasteiger partial charge in [0, 0.05) is 26.7 Å². The summed E-state index contributed by atoms with van der Waals surface area (Å²) in [4.78, 5) is 13.2. The summed E-state index contributed by atoms with van der Waals surface area (Å²) in [5.74, 6) is 0.458. The normalized spacial score (nSPS) is 12.0. The molecule has 0 aliphatic carbocycles. The van der Waals surface area contributed by atoms with Crippen molar-refractivity contribution in [3.05, 3.63) is 17.8 Å². The maximum Gasteiger partial charge on any atom is 0.271 e. The standard InChI is InChI=1S/C10H17N5O/c1-7(6-11)15(3)9-5-4-8(13-14-9)10(16)12-2/h4-5,7H,6,11H2,1-3H3,(H,12,16). The molecule has 3 N–H and O–H groups in total. The van der Waals surface area contributed by atoms with Crippen LogP contribution in [0.5, 0.6) is 0 Å². The molecule has 1 amide bonds. The van der Waals surface area contributed by atoms with Crippen LogP contribution >= 0.6 is 0 Å². The number of likely N-dealkylation sites (N-methyl/N-ethyl adjacent to an activating group) is 1. The number of amides is 1. The lowest BCUT2D eigenvalue weighted by atomic mass is 10.3. The van der Waals surface area contributed by atoms with Crippen molar-refractivity contribution in [3.63, 3.8) is 0 Å². The molecule has 0 aliphatic rings. The zero-order valence-electron chi connectivity index (χ0n) is 9.77. The fraction of sp³-hybridized carbons (Fsp3) is 0.500. The smallest absolute Gasteiger partial charge is 0.271 e. The Hall–Kier alpha value is -1.69. The number of carbonyl (C=O) groups is 1. The molecular weight excluding hydrogens is 206 g/mol. The first-order valence-electron chi connectivity index (χ1n) is 5.08. The topological polar surface area (TPSA) is 84.1 Å². The van der Waals surface area contributed by atoms with E-state index in [1.807, 2.05) is 18.9 Å². The predicted molar refractivity (Wildman–Crippen MR) is 62.3 cm³/mol. The first-order chi connectivity index (χ1) is 7.60. The van der Waals surface area contributed by atoms with Gasteiger partial charge in [0.2, 0.25) is 0 Å². The van der Waals surface area contributed by atoms with Crippen molar-refractivity contribution in [3.8, 4) is 0 Å². The van der Waals surface area contributed by atoms with E-state index in [4.69, 9.17) is 5.73 Å². The molecular formula is C10H17N5O. The number of rotatable bonds is 4. The van der Waals surface area contributed by atoms with E-state index in [9.17, 15) is 4.79 Å². The van der Waals surface area contributed by atoms with Gasteiger partial charge in [-0.05, 0) is 19.1 Å². The van der Waals surface area contributed by atoms with Crippen LogP contribution in [0.1, 0.15) is 17.4 Å². The quantitative estimate of drug-likeness (QED) is 0.727. The molecule has 0 radical (unpaired) electrons. The molecule has 0 aliphatic heterocycles. The van der Waals surface area contributed by atoms with Crippen molar-refractivity contribution in [2.75, 3.05) is 25.5 Å². The molecule has 0 fully saturated rings. The van der Waals surface area contributed by atoms with Crippen molar-refractivity contribution in [1.82, 2.24) is 15.5 Å². The third kappa shape index (κ3) is 2.66. The second kappa shape index (κ2) is 5.41. The largest absolute Gasteiger partial charge is 0.354 e. The second-order valence-electron chi connectivity index (χ2n) is 3.55. The Morgan fingerprint density at radius 1 is 1.56 bits per heavy atom. The summed E-state index contributed by atoms with van der Waals surface area (Å²) in [6.45, 7) is 2.53. The van der Waals surface area contributed by atoms with Crippen LogP contribution in [-0.4, -0.2) is 42.8 Å². The van der Waals surface area contributed by atoms with Crippen LogP contribution in [0.4, 0.5) is 5.82 Å². The average Bonchev–Trinajstić information content (AvgIpc) is 2.36. The number of hydrogen-bond donors (Lipinski definition) is 2. The molecule has 0 saturated heterocycles. The second-order valence-corrected chi connectivity index (χ2v) is 3.55. The molecule has 6 nitrogen and oxygen atoms in total. The number of anilines is 1. The van der Waals surface area contributed by atoms with E-state index in [1.165, 1.54) is 0 Å². The van der Waals surface area contributed by atoms with Gasteiger partial charge in [-0.3, -0.25) is 4.79 Å². The molecule has 88 valence electrons. The van der Waals surface area contributed by atoms with Crippen LogP contribution < -0.4 is 16.0 Å². The van der Waals surface area contributed by atoms with Crippen molar-refractivity contribution in [2.45, 2.75) is 13.0 Å². The van der Waals surface area contributed by atoms with Gasteiger partial charge in [-0.15, -0.1) is 10.2 Å². The van der Waals surface area contributed by atoms with E-state index in [2.05, 4.69) is 15.5 Å². The fourth-order valence-electron chi connectivity index (χ4n) is 1.15. The van der Waals surface area contributed by atoms with Crippen LogP contribution in [-0.2, 0) is 0 Å². The van der Waals surface area contributed by atoms with Gasteiger partial charge in [-0.2, -0.15) is 0 Å². The van der Waals surface area contributed by atoms with Crippen LogP contribution in [0.2, 0.25) is 0 Å². The lowest BCUT2D eigenvalue weighted by molar-refractivity contribution is 0.0957. The summed E-state index contributed by atoms with van der Waals surface area (Å²) in [5, 5.41) is 10.3. The van der Waals surface area contributed by atoms with Crippen LogP contribution in [0, 0.1) is 0 Å². The van der Waals surface area contributed by atoms with Crippen LogP contribution in [0.15, 0.2) is 12.1 Å². The van der Waals surface area contributed by atoms with Crippen LogP contribution in [0.25, 0.3) is 0 Å². The maximum absolute atomic E-state index is 11.2. The molecule has 1 heterocycles. The highest BCUT2D eigenvalue weighted by atomic mass is 16.1. The summed E-state index contributed by atoms with van der Waals surface area (Å²) in [6, 6.07) is 3.57. The number of nitrogens with one attached hydrogen (secondary N) is 1. The molecule has 1 aromatic heterocycles. The number of hydrogen-bond acceptors (Lipinski definition) is 5.